The van der Waals surface area contributed by atoms with Crippen molar-refractivity contribution in [3.05, 3.63) is 14.7 Å². The fraction of sp³-hybridized carbons (Fsp3) is 0.545. The summed E-state index contributed by atoms with van der Waals surface area (Å²) in [6.07, 6.45) is 3.41. The molecule has 1 fully saturated rings. The van der Waals surface area contributed by atoms with Crippen molar-refractivity contribution in [2.75, 3.05) is 0 Å². The molecule has 8 heteroatoms. The molecule has 1 aliphatic carbocycles. The molecule has 106 valence electrons. The Kier molecular flexibility index (Phi) is 4.06. The molecule has 0 bridgehead atoms. The average molecular weight is 368 g/mol. The number of carbonyl (C=O) groups is 1. The van der Waals surface area contributed by atoms with Crippen LogP contribution in [0.15, 0.2) is 14.7 Å². The third-order valence-corrected chi connectivity index (χ3v) is 7.31. The number of thiophene rings is 1. The normalized spacial score (nSPS) is 18.0. The molecule has 0 atom stereocenters. The van der Waals surface area contributed by atoms with E-state index in [0.717, 1.165) is 37.0 Å². The Morgan fingerprint density at radius 1 is 1.58 bits per heavy atom. The van der Waals surface area contributed by atoms with E-state index in [0.29, 0.717) is 3.79 Å². The summed E-state index contributed by atoms with van der Waals surface area (Å²) in [6, 6.07) is 1.20. The van der Waals surface area contributed by atoms with Crippen molar-refractivity contribution in [1.29, 1.82) is 0 Å². The van der Waals surface area contributed by atoms with Crippen molar-refractivity contribution in [2.24, 2.45) is 0 Å². The zero-order valence-electron chi connectivity index (χ0n) is 10.3. The molecule has 1 saturated carbocycles. The van der Waals surface area contributed by atoms with Crippen LogP contribution in [0.1, 0.15) is 42.3 Å². The zero-order chi connectivity index (χ0) is 14.3. The molecule has 1 aromatic heterocycles. The van der Waals surface area contributed by atoms with Crippen LogP contribution in [0.25, 0.3) is 0 Å². The second-order valence-corrected chi connectivity index (χ2v) is 8.67. The highest BCUT2D eigenvalue weighted by Crippen LogP contribution is 2.38. The van der Waals surface area contributed by atoms with Gasteiger partial charge in [0, 0.05) is 5.54 Å². The summed E-state index contributed by atoms with van der Waals surface area (Å²) < 4.78 is 27.7. The van der Waals surface area contributed by atoms with Gasteiger partial charge in [-0.3, -0.25) is 0 Å². The molecule has 5 nitrogen and oxygen atoms in total. The third-order valence-electron chi connectivity index (χ3n) is 3.49. The van der Waals surface area contributed by atoms with E-state index >= 15 is 0 Å². The molecular formula is C11H14BrNO4S2. The molecule has 19 heavy (non-hydrogen) atoms. The van der Waals surface area contributed by atoms with E-state index in [1.54, 1.807) is 0 Å². The molecule has 0 aliphatic heterocycles. The third kappa shape index (κ3) is 2.86. The molecule has 1 heterocycles. The van der Waals surface area contributed by atoms with Crippen LogP contribution >= 0.6 is 27.3 Å². The number of aromatic carboxylic acids is 1. The number of sulfonamides is 1. The first-order chi connectivity index (χ1) is 8.80. The van der Waals surface area contributed by atoms with Gasteiger partial charge < -0.3 is 5.11 Å². The van der Waals surface area contributed by atoms with Gasteiger partial charge in [0.2, 0.25) is 10.0 Å². The zero-order valence-corrected chi connectivity index (χ0v) is 13.5. The quantitative estimate of drug-likeness (QED) is 0.837. The van der Waals surface area contributed by atoms with E-state index in [2.05, 4.69) is 20.7 Å². The predicted octanol–water partition coefficient (Wildman–Crippen LogP) is 2.82. The Labute approximate surface area is 124 Å². The Bertz CT molecular complexity index is 599. The molecule has 1 aromatic rings. The molecule has 1 aliphatic rings. The fourth-order valence-electron chi connectivity index (χ4n) is 2.11. The largest absolute Gasteiger partial charge is 0.477 e. The van der Waals surface area contributed by atoms with Crippen molar-refractivity contribution in [2.45, 2.75) is 43.0 Å². The van der Waals surface area contributed by atoms with Crippen LogP contribution in [-0.2, 0) is 10.0 Å². The first kappa shape index (κ1) is 15.0. The minimum Gasteiger partial charge on any atom is -0.477 e. The molecule has 0 saturated heterocycles. The second kappa shape index (κ2) is 5.16. The maximum atomic E-state index is 12.3. The number of carboxylic acid groups (broad SMARTS) is 1. The van der Waals surface area contributed by atoms with Crippen LogP contribution in [-0.4, -0.2) is 25.0 Å². The number of rotatable bonds is 5. The minimum absolute atomic E-state index is 0.00593. The van der Waals surface area contributed by atoms with Gasteiger partial charge >= 0.3 is 5.97 Å². The van der Waals surface area contributed by atoms with E-state index in [1.807, 2.05) is 6.92 Å². The van der Waals surface area contributed by atoms with Gasteiger partial charge in [-0.15, -0.1) is 11.3 Å². The molecule has 0 spiro atoms. The van der Waals surface area contributed by atoms with Gasteiger partial charge in [0.25, 0.3) is 0 Å². The molecule has 0 amide bonds. The van der Waals surface area contributed by atoms with Crippen LogP contribution in [0.2, 0.25) is 0 Å². The smallest absolute Gasteiger partial charge is 0.345 e. The molecule has 0 aromatic carbocycles. The lowest BCUT2D eigenvalue weighted by Gasteiger charge is -2.41. The van der Waals surface area contributed by atoms with E-state index in [9.17, 15) is 13.2 Å². The summed E-state index contributed by atoms with van der Waals surface area (Å²) >= 11 is 4.03. The van der Waals surface area contributed by atoms with Crippen molar-refractivity contribution >= 4 is 43.3 Å². The fourth-order valence-corrected chi connectivity index (χ4v) is 6.05. The van der Waals surface area contributed by atoms with Crippen LogP contribution < -0.4 is 4.72 Å². The topological polar surface area (TPSA) is 83.5 Å². The number of hydrogen-bond acceptors (Lipinski definition) is 4. The Balaban J connectivity index is 2.32. The van der Waals surface area contributed by atoms with Crippen LogP contribution in [0.4, 0.5) is 0 Å². The SMILES string of the molecule is CCC1(NS(=O)(=O)c2cc(C(=O)O)sc2Br)CCC1. The highest BCUT2D eigenvalue weighted by atomic mass is 79.9. The second-order valence-electron chi connectivity index (χ2n) is 4.65. The van der Waals surface area contributed by atoms with Crippen LogP contribution in [0, 0.1) is 0 Å². The lowest BCUT2D eigenvalue weighted by Crippen LogP contribution is -2.52. The average Bonchev–Trinajstić information content (AvgIpc) is 2.67. The predicted molar refractivity (Wildman–Crippen MR) is 76.2 cm³/mol. The number of nitrogens with one attached hydrogen (secondary N) is 1. The number of carboxylic acids is 1. The van der Waals surface area contributed by atoms with Crippen LogP contribution in [0.5, 0.6) is 0 Å². The summed E-state index contributed by atoms with van der Waals surface area (Å²) in [5.74, 6) is -1.12. The van der Waals surface area contributed by atoms with Crippen molar-refractivity contribution in [3.63, 3.8) is 0 Å². The summed E-state index contributed by atoms with van der Waals surface area (Å²) in [6.45, 7) is 1.95. The summed E-state index contributed by atoms with van der Waals surface area (Å²) in [5, 5.41) is 8.90. The molecular weight excluding hydrogens is 354 g/mol. The van der Waals surface area contributed by atoms with Gasteiger partial charge in [-0.25, -0.2) is 17.9 Å². The van der Waals surface area contributed by atoms with Gasteiger partial charge in [-0.2, -0.15) is 0 Å². The lowest BCUT2D eigenvalue weighted by molar-refractivity contribution is 0.0702. The Hall–Kier alpha value is -0.440. The van der Waals surface area contributed by atoms with Gasteiger partial charge in [0.05, 0.1) is 3.79 Å². The van der Waals surface area contributed by atoms with E-state index in [1.165, 1.54) is 6.07 Å². The minimum atomic E-state index is -3.68. The first-order valence-electron chi connectivity index (χ1n) is 5.86. The van der Waals surface area contributed by atoms with Crippen LogP contribution in [0.3, 0.4) is 0 Å². The van der Waals surface area contributed by atoms with Gasteiger partial charge in [-0.1, -0.05) is 6.92 Å². The highest BCUT2D eigenvalue weighted by Gasteiger charge is 2.40. The highest BCUT2D eigenvalue weighted by molar-refractivity contribution is 9.11. The van der Waals surface area contributed by atoms with Gasteiger partial charge in [0.1, 0.15) is 9.77 Å². The maximum absolute atomic E-state index is 12.3. The van der Waals surface area contributed by atoms with Crippen molar-refractivity contribution in [1.82, 2.24) is 4.72 Å². The summed E-state index contributed by atoms with van der Waals surface area (Å²) in [7, 11) is -3.68. The lowest BCUT2D eigenvalue weighted by atomic mass is 9.76. The Morgan fingerprint density at radius 2 is 2.21 bits per heavy atom. The monoisotopic (exact) mass is 367 g/mol. The molecule has 0 radical (unpaired) electrons. The number of hydrogen-bond donors (Lipinski definition) is 2. The molecule has 2 N–H and O–H groups in total. The van der Waals surface area contributed by atoms with Gasteiger partial charge in [-0.05, 0) is 47.7 Å². The van der Waals surface area contributed by atoms with E-state index in [4.69, 9.17) is 5.11 Å². The van der Waals surface area contributed by atoms with E-state index in [-0.39, 0.29) is 15.3 Å². The standard InChI is InChI=1S/C11H14BrNO4S2/c1-2-11(4-3-5-11)13-19(16,17)8-6-7(10(14)15)18-9(8)12/h6,13H,2-5H2,1H3,(H,14,15). The number of halogens is 1. The van der Waals surface area contributed by atoms with Gasteiger partial charge in [0.15, 0.2) is 0 Å². The van der Waals surface area contributed by atoms with E-state index < -0.39 is 16.0 Å². The first-order valence-corrected chi connectivity index (χ1v) is 8.95. The van der Waals surface area contributed by atoms with Crippen molar-refractivity contribution < 1.29 is 18.3 Å². The Morgan fingerprint density at radius 3 is 2.58 bits per heavy atom. The summed E-state index contributed by atoms with van der Waals surface area (Å²) in [4.78, 5) is 10.9. The molecule has 0 unspecified atom stereocenters. The summed E-state index contributed by atoms with van der Waals surface area (Å²) in [5.41, 5.74) is -0.358. The molecule has 2 rings (SSSR count). The van der Waals surface area contributed by atoms with Crippen molar-refractivity contribution in [3.8, 4) is 0 Å². The maximum Gasteiger partial charge on any atom is 0.345 e.